The number of benzene rings is 1. The highest BCUT2D eigenvalue weighted by Gasteiger charge is 2.70. The molecule has 0 spiro atoms. The molecule has 0 bridgehead atoms. The third-order valence-corrected chi connectivity index (χ3v) is 11.8. The molecule has 15 nitrogen and oxygen atoms in total. The first-order valence-corrected chi connectivity index (χ1v) is 19.7. The maximum absolute atomic E-state index is 14.5. The fraction of sp³-hybridized carbons (Fsp3) is 0.571. The third kappa shape index (κ3) is 9.71. The summed E-state index contributed by atoms with van der Waals surface area (Å²) >= 11 is 0. The molecule has 3 aliphatic rings. The number of aromatic nitrogens is 1. The molecule has 1 saturated carbocycles. The van der Waals surface area contributed by atoms with Gasteiger partial charge in [-0.2, -0.15) is 0 Å². The Bertz CT molecular complexity index is 1940. The van der Waals surface area contributed by atoms with Crippen LogP contribution in [0.15, 0.2) is 42.7 Å². The van der Waals surface area contributed by atoms with Gasteiger partial charge in [0, 0.05) is 31.9 Å². The highest BCUT2D eigenvalue weighted by molar-refractivity contribution is 6.21. The van der Waals surface area contributed by atoms with Crippen molar-refractivity contribution in [2.75, 3.05) is 26.7 Å². The van der Waals surface area contributed by atoms with Gasteiger partial charge in [0.15, 0.2) is 0 Å². The lowest BCUT2D eigenvalue weighted by atomic mass is 9.85. The lowest BCUT2D eigenvalue weighted by Gasteiger charge is -2.39. The molecule has 2 aliphatic heterocycles. The molecule has 320 valence electrons. The second kappa shape index (κ2) is 17.0. The summed E-state index contributed by atoms with van der Waals surface area (Å²) < 4.78 is 32.3. The van der Waals surface area contributed by atoms with Crippen molar-refractivity contribution in [3.63, 3.8) is 0 Å². The normalized spacial score (nSPS) is 20.9. The standard InChI is InChI=1S/C42H55F2N7O8/c1-40(2,3)28(21-51-35(54)24-15-16-45-19-25(24)36(51)55)48-39(58)49-32(41(4,5)6)37(56)50-20-26-30(42(26,7)8)31(50)34(53)47-27(18-29(43)44)33(52)46-17-14-22-10-12-23(13-11-22)38(57)59-9/h10-13,15-16,19,26-32H,14,17-18,20-21H2,1-9H3,(H,46,52)(H,47,53)(H2,48,49,58)/t26-,27-,28+,30-,31-,32+/m0/s1. The summed E-state index contributed by atoms with van der Waals surface area (Å²) in [6, 6.07) is 2.58. The van der Waals surface area contributed by atoms with Gasteiger partial charge in [-0.05, 0) is 58.3 Å². The molecule has 1 aliphatic carbocycles. The summed E-state index contributed by atoms with van der Waals surface area (Å²) in [6.07, 6.45) is -0.825. The van der Waals surface area contributed by atoms with E-state index in [4.69, 9.17) is 4.74 Å². The first-order chi connectivity index (χ1) is 27.5. The van der Waals surface area contributed by atoms with Gasteiger partial charge in [0.1, 0.15) is 18.1 Å². The van der Waals surface area contributed by atoms with Gasteiger partial charge in [-0.15, -0.1) is 0 Å². The highest BCUT2D eigenvalue weighted by atomic mass is 19.3. The summed E-state index contributed by atoms with van der Waals surface area (Å²) in [7, 11) is 1.27. The van der Waals surface area contributed by atoms with Crippen LogP contribution < -0.4 is 21.3 Å². The molecule has 1 saturated heterocycles. The quantitative estimate of drug-likeness (QED) is 0.163. The lowest BCUT2D eigenvalue weighted by molar-refractivity contribution is -0.144. The number of amides is 7. The molecule has 59 heavy (non-hydrogen) atoms. The van der Waals surface area contributed by atoms with Crippen molar-refractivity contribution < 1.29 is 47.1 Å². The Morgan fingerprint density at radius 2 is 1.56 bits per heavy atom. The predicted molar refractivity (Wildman–Crippen MR) is 211 cm³/mol. The van der Waals surface area contributed by atoms with E-state index in [1.165, 1.54) is 30.5 Å². The van der Waals surface area contributed by atoms with Crippen molar-refractivity contribution in [2.45, 2.75) is 98.8 Å². The summed E-state index contributed by atoms with van der Waals surface area (Å²) in [4.78, 5) is 100. The van der Waals surface area contributed by atoms with Crippen LogP contribution in [0.4, 0.5) is 13.6 Å². The molecular formula is C42H55F2N7O8. The molecule has 1 aromatic heterocycles. The minimum Gasteiger partial charge on any atom is -0.465 e. The Labute approximate surface area is 342 Å². The minimum atomic E-state index is -2.93. The number of ether oxygens (including phenoxy) is 1. The molecule has 4 N–H and O–H groups in total. The van der Waals surface area contributed by atoms with E-state index in [-0.39, 0.29) is 48.0 Å². The first kappa shape index (κ1) is 44.6. The second-order valence-electron chi connectivity index (χ2n) is 18.3. The van der Waals surface area contributed by atoms with Crippen molar-refractivity contribution in [2.24, 2.45) is 28.1 Å². The van der Waals surface area contributed by atoms with Crippen LogP contribution in [-0.4, -0.2) is 114 Å². The number of hydrogen-bond acceptors (Lipinski definition) is 9. The molecule has 0 radical (unpaired) electrons. The molecular weight excluding hydrogens is 768 g/mol. The van der Waals surface area contributed by atoms with Crippen LogP contribution in [0.5, 0.6) is 0 Å². The van der Waals surface area contributed by atoms with Gasteiger partial charge in [-0.3, -0.25) is 33.9 Å². The fourth-order valence-corrected chi connectivity index (χ4v) is 8.02. The molecule has 2 fully saturated rings. The molecule has 2 aromatic rings. The number of likely N-dealkylation sites (tertiary alicyclic amines) is 1. The highest BCUT2D eigenvalue weighted by Crippen LogP contribution is 2.65. The van der Waals surface area contributed by atoms with E-state index in [1.54, 1.807) is 45.0 Å². The van der Waals surface area contributed by atoms with Crippen molar-refractivity contribution >= 4 is 41.5 Å². The largest absolute Gasteiger partial charge is 0.465 e. The molecule has 17 heteroatoms. The zero-order chi connectivity index (χ0) is 43.8. The molecule has 1 aromatic carbocycles. The zero-order valence-electron chi connectivity index (χ0n) is 35.0. The minimum absolute atomic E-state index is 0.0601. The Morgan fingerprint density at radius 1 is 0.915 bits per heavy atom. The molecule has 5 rings (SSSR count). The fourth-order valence-electron chi connectivity index (χ4n) is 8.02. The number of pyridine rings is 1. The average molecular weight is 824 g/mol. The van der Waals surface area contributed by atoms with Gasteiger partial charge < -0.3 is 30.9 Å². The maximum Gasteiger partial charge on any atom is 0.337 e. The number of esters is 1. The van der Waals surface area contributed by atoms with Crippen molar-refractivity contribution in [1.82, 2.24) is 36.1 Å². The van der Waals surface area contributed by atoms with Crippen LogP contribution in [-0.2, 0) is 25.5 Å². The Morgan fingerprint density at radius 3 is 2.14 bits per heavy atom. The SMILES string of the molecule is COC(=O)c1ccc(CCNC(=O)[C@H](CC(F)F)NC(=O)[C@@H]2[C@@H]3[C@H](CN2C(=O)[C@@H](NC(=O)N[C@H](CN2C(=O)c4ccncc4C2=O)C(C)(C)C)C(C)(C)C)C3(C)C)cc1. The number of carbonyl (C=O) groups excluding carboxylic acids is 7. The smallest absolute Gasteiger partial charge is 0.337 e. The van der Waals surface area contributed by atoms with Crippen molar-refractivity contribution in [1.29, 1.82) is 0 Å². The number of fused-ring (bicyclic) bond motifs is 2. The number of imide groups is 1. The number of nitrogens with zero attached hydrogens (tertiary/aromatic N) is 3. The van der Waals surface area contributed by atoms with Gasteiger partial charge in [-0.1, -0.05) is 67.5 Å². The molecule has 7 amide bonds. The van der Waals surface area contributed by atoms with E-state index in [9.17, 15) is 42.3 Å². The first-order valence-electron chi connectivity index (χ1n) is 19.7. The number of alkyl halides is 2. The lowest BCUT2D eigenvalue weighted by Crippen LogP contribution is -2.63. The number of hydrogen-bond donors (Lipinski definition) is 4. The van der Waals surface area contributed by atoms with Gasteiger partial charge in [0.05, 0.1) is 36.4 Å². The van der Waals surface area contributed by atoms with E-state index in [1.807, 2.05) is 34.6 Å². The summed E-state index contributed by atoms with van der Waals surface area (Å²) in [5, 5.41) is 10.8. The topological polar surface area (TPSA) is 196 Å². The number of piperidine rings is 1. The number of methoxy groups -OCH3 is 1. The van der Waals surface area contributed by atoms with Gasteiger partial charge in [0.25, 0.3) is 11.8 Å². The van der Waals surface area contributed by atoms with Crippen LogP contribution >= 0.6 is 0 Å². The van der Waals surface area contributed by atoms with E-state index in [2.05, 4.69) is 26.3 Å². The third-order valence-electron chi connectivity index (χ3n) is 11.8. The monoisotopic (exact) mass is 823 g/mol. The molecule has 3 heterocycles. The second-order valence-corrected chi connectivity index (χ2v) is 18.3. The van der Waals surface area contributed by atoms with Gasteiger partial charge >= 0.3 is 12.0 Å². The number of rotatable bonds is 14. The summed E-state index contributed by atoms with van der Waals surface area (Å²) in [6.45, 7) is 14.7. The average Bonchev–Trinajstić information content (AvgIpc) is 3.40. The van der Waals surface area contributed by atoms with Crippen molar-refractivity contribution in [3.8, 4) is 0 Å². The van der Waals surface area contributed by atoms with E-state index in [0.29, 0.717) is 12.0 Å². The number of urea groups is 1. The van der Waals surface area contributed by atoms with Crippen LogP contribution in [0, 0.1) is 28.1 Å². The van der Waals surface area contributed by atoms with Crippen molar-refractivity contribution in [3.05, 3.63) is 65.0 Å². The maximum atomic E-state index is 14.5. The predicted octanol–water partition coefficient (Wildman–Crippen LogP) is 3.57. The molecule has 6 atom stereocenters. The van der Waals surface area contributed by atoms with Gasteiger partial charge in [0.2, 0.25) is 24.1 Å². The number of halogens is 2. The van der Waals surface area contributed by atoms with E-state index >= 15 is 0 Å². The number of nitrogens with one attached hydrogen (secondary N) is 4. The number of carbonyl (C=O) groups is 7. The summed E-state index contributed by atoms with van der Waals surface area (Å²) in [5.74, 6) is -4.10. The van der Waals surface area contributed by atoms with Crippen LogP contribution in [0.2, 0.25) is 0 Å². The van der Waals surface area contributed by atoms with Crippen LogP contribution in [0.1, 0.15) is 98.4 Å². The Kier molecular flexibility index (Phi) is 12.9. The Hall–Kier alpha value is -5.48. The summed E-state index contributed by atoms with van der Waals surface area (Å²) in [5.41, 5.74) is -0.408. The Balaban J connectivity index is 1.28. The van der Waals surface area contributed by atoms with Crippen LogP contribution in [0.25, 0.3) is 0 Å². The van der Waals surface area contributed by atoms with Gasteiger partial charge in [-0.25, -0.2) is 18.4 Å². The van der Waals surface area contributed by atoms with Crippen LogP contribution in [0.3, 0.4) is 0 Å². The van der Waals surface area contributed by atoms with E-state index < -0.39 is 89.4 Å². The zero-order valence-corrected chi connectivity index (χ0v) is 35.0. The van der Waals surface area contributed by atoms with E-state index in [0.717, 1.165) is 10.5 Å². The molecule has 0 unspecified atom stereocenters.